The van der Waals surface area contributed by atoms with Gasteiger partial charge in [-0.3, -0.25) is 4.79 Å². The van der Waals surface area contributed by atoms with Crippen LogP contribution >= 0.6 is 12.4 Å². The van der Waals surface area contributed by atoms with Gasteiger partial charge in [0.2, 0.25) is 5.91 Å². The second-order valence-corrected chi connectivity index (χ2v) is 6.81. The molecule has 1 amide bonds. The summed E-state index contributed by atoms with van der Waals surface area (Å²) in [7, 11) is 1.83. The number of carbonyl (C=O) groups excluding carboxylic acids is 1. The van der Waals surface area contributed by atoms with E-state index < -0.39 is 0 Å². The van der Waals surface area contributed by atoms with E-state index in [2.05, 4.69) is 31.4 Å². The molecule has 0 saturated carbocycles. The predicted octanol–water partition coefficient (Wildman–Crippen LogP) is 3.45. The van der Waals surface area contributed by atoms with Gasteiger partial charge in [0.25, 0.3) is 0 Å². The second-order valence-electron chi connectivity index (χ2n) is 6.81. The van der Waals surface area contributed by atoms with Gasteiger partial charge in [0.05, 0.1) is 11.4 Å². The number of aromatic nitrogens is 2. The number of nitrogens with zero attached hydrogens (tertiary/aromatic N) is 2. The molecule has 0 aliphatic rings. The van der Waals surface area contributed by atoms with Crippen LogP contribution in [0.15, 0.2) is 30.3 Å². The third-order valence-corrected chi connectivity index (χ3v) is 3.63. The zero-order chi connectivity index (χ0) is 17.0. The number of aryl methyl sites for hydroxylation is 1. The number of benzene rings is 1. The van der Waals surface area contributed by atoms with Crippen molar-refractivity contribution < 1.29 is 4.79 Å². The van der Waals surface area contributed by atoms with Crippen molar-refractivity contribution in [3.8, 4) is 5.69 Å². The Morgan fingerprint density at radius 1 is 1.21 bits per heavy atom. The fraction of sp³-hybridized carbons (Fsp3) is 0.444. The smallest absolute Gasteiger partial charge is 0.226 e. The minimum absolute atomic E-state index is 0. The van der Waals surface area contributed by atoms with Crippen molar-refractivity contribution in [3.05, 3.63) is 41.6 Å². The Bertz CT molecular complexity index is 671. The van der Waals surface area contributed by atoms with Crippen LogP contribution in [-0.2, 0) is 10.2 Å². The van der Waals surface area contributed by atoms with Crippen LogP contribution in [0.4, 0.5) is 5.82 Å². The number of carbonyl (C=O) groups is 1. The molecule has 0 unspecified atom stereocenters. The lowest BCUT2D eigenvalue weighted by atomic mass is 9.92. The molecule has 0 bridgehead atoms. The lowest BCUT2D eigenvalue weighted by molar-refractivity contribution is -0.116. The Morgan fingerprint density at radius 2 is 1.83 bits per heavy atom. The average Bonchev–Trinajstić information content (AvgIpc) is 2.90. The highest BCUT2D eigenvalue weighted by atomic mass is 35.5. The normalized spacial score (nSPS) is 11.0. The Balaban J connectivity index is 0.00000288. The van der Waals surface area contributed by atoms with Crippen LogP contribution in [0, 0.1) is 6.92 Å². The van der Waals surface area contributed by atoms with Crippen molar-refractivity contribution in [3.63, 3.8) is 0 Å². The third kappa shape index (κ3) is 5.08. The zero-order valence-electron chi connectivity index (χ0n) is 15.0. The van der Waals surface area contributed by atoms with Crippen molar-refractivity contribution in [2.75, 3.05) is 18.9 Å². The highest BCUT2D eigenvalue weighted by Gasteiger charge is 2.21. The van der Waals surface area contributed by atoms with E-state index in [9.17, 15) is 4.79 Å². The Labute approximate surface area is 150 Å². The van der Waals surface area contributed by atoms with Gasteiger partial charge in [0.1, 0.15) is 5.82 Å². The van der Waals surface area contributed by atoms with E-state index in [-0.39, 0.29) is 23.7 Å². The number of hydrogen-bond donors (Lipinski definition) is 2. The van der Waals surface area contributed by atoms with Crippen molar-refractivity contribution in [1.82, 2.24) is 15.1 Å². The molecule has 5 nitrogen and oxygen atoms in total. The Hall–Kier alpha value is -1.85. The number of nitrogens with one attached hydrogen (secondary N) is 2. The minimum atomic E-state index is -0.0829. The molecule has 0 atom stereocenters. The molecular formula is C18H27ClN4O. The van der Waals surface area contributed by atoms with E-state index >= 15 is 0 Å². The van der Waals surface area contributed by atoms with Gasteiger partial charge in [0, 0.05) is 24.4 Å². The van der Waals surface area contributed by atoms with Crippen LogP contribution in [0.25, 0.3) is 5.69 Å². The molecule has 0 aliphatic heterocycles. The van der Waals surface area contributed by atoms with E-state index in [1.807, 2.05) is 44.3 Å². The van der Waals surface area contributed by atoms with Gasteiger partial charge in [-0.2, -0.15) is 5.10 Å². The minimum Gasteiger partial charge on any atom is -0.319 e. The molecule has 1 aromatic carbocycles. The first-order valence-electron chi connectivity index (χ1n) is 7.93. The molecular weight excluding hydrogens is 324 g/mol. The van der Waals surface area contributed by atoms with E-state index in [0.29, 0.717) is 18.8 Å². The maximum Gasteiger partial charge on any atom is 0.226 e. The molecule has 1 aromatic heterocycles. The number of rotatable bonds is 5. The van der Waals surface area contributed by atoms with Gasteiger partial charge in [-0.15, -0.1) is 12.4 Å². The van der Waals surface area contributed by atoms with E-state index in [4.69, 9.17) is 5.10 Å². The highest BCUT2D eigenvalue weighted by Crippen LogP contribution is 2.26. The molecule has 1 heterocycles. The number of hydrogen-bond acceptors (Lipinski definition) is 3. The highest BCUT2D eigenvalue weighted by molar-refractivity contribution is 5.90. The monoisotopic (exact) mass is 350 g/mol. The molecule has 2 rings (SSSR count). The van der Waals surface area contributed by atoms with Crippen molar-refractivity contribution >= 4 is 24.1 Å². The van der Waals surface area contributed by atoms with Crippen LogP contribution in [0.1, 0.15) is 38.4 Å². The first kappa shape index (κ1) is 20.2. The molecule has 0 fully saturated rings. The van der Waals surface area contributed by atoms with Gasteiger partial charge in [0.15, 0.2) is 0 Å². The quantitative estimate of drug-likeness (QED) is 0.868. The first-order valence-corrected chi connectivity index (χ1v) is 7.93. The van der Waals surface area contributed by atoms with E-state index in [1.54, 1.807) is 4.68 Å². The van der Waals surface area contributed by atoms with Crippen molar-refractivity contribution in [2.45, 2.75) is 39.5 Å². The molecule has 24 heavy (non-hydrogen) atoms. The molecule has 0 radical (unpaired) electrons. The van der Waals surface area contributed by atoms with Gasteiger partial charge >= 0.3 is 0 Å². The van der Waals surface area contributed by atoms with Crippen LogP contribution < -0.4 is 10.6 Å². The number of anilines is 1. The standard InChI is InChI=1S/C18H26N4O.ClH/c1-13-6-8-14(9-7-13)22-16(20-17(23)10-11-19-5)12-15(21-22)18(2,3)4;/h6-9,12,19H,10-11H2,1-5H3,(H,20,23);1H. The molecule has 132 valence electrons. The molecule has 2 N–H and O–H groups in total. The molecule has 0 aliphatic carbocycles. The van der Waals surface area contributed by atoms with Crippen molar-refractivity contribution in [1.29, 1.82) is 0 Å². The Kier molecular flexibility index (Phi) is 6.99. The fourth-order valence-electron chi connectivity index (χ4n) is 2.16. The predicted molar refractivity (Wildman–Crippen MR) is 101 cm³/mol. The fourth-order valence-corrected chi connectivity index (χ4v) is 2.16. The van der Waals surface area contributed by atoms with Gasteiger partial charge in [-0.1, -0.05) is 38.5 Å². The molecule has 6 heteroatoms. The summed E-state index contributed by atoms with van der Waals surface area (Å²) < 4.78 is 1.80. The molecule has 2 aromatic rings. The van der Waals surface area contributed by atoms with Crippen molar-refractivity contribution in [2.24, 2.45) is 0 Å². The summed E-state index contributed by atoms with van der Waals surface area (Å²) in [6, 6.07) is 10.1. The third-order valence-electron chi connectivity index (χ3n) is 3.63. The SMILES string of the molecule is CNCCC(=O)Nc1cc(C(C)(C)C)nn1-c1ccc(C)cc1.Cl. The lowest BCUT2D eigenvalue weighted by Crippen LogP contribution is -2.20. The zero-order valence-corrected chi connectivity index (χ0v) is 15.8. The van der Waals surface area contributed by atoms with E-state index in [0.717, 1.165) is 11.4 Å². The largest absolute Gasteiger partial charge is 0.319 e. The molecule has 0 spiro atoms. The Morgan fingerprint density at radius 3 is 2.38 bits per heavy atom. The lowest BCUT2D eigenvalue weighted by Gasteiger charge is -2.14. The van der Waals surface area contributed by atoms with E-state index in [1.165, 1.54) is 5.56 Å². The van der Waals surface area contributed by atoms with Crippen LogP contribution in [-0.4, -0.2) is 29.3 Å². The van der Waals surface area contributed by atoms with Crippen LogP contribution in [0.3, 0.4) is 0 Å². The topological polar surface area (TPSA) is 59.0 Å². The maximum absolute atomic E-state index is 12.1. The second kappa shape index (κ2) is 8.31. The number of amides is 1. The van der Waals surface area contributed by atoms with Crippen LogP contribution in [0.5, 0.6) is 0 Å². The summed E-state index contributed by atoms with van der Waals surface area (Å²) in [5, 5.41) is 10.7. The summed E-state index contributed by atoms with van der Waals surface area (Å²) in [5.41, 5.74) is 2.99. The first-order chi connectivity index (χ1) is 10.8. The molecule has 0 saturated heterocycles. The summed E-state index contributed by atoms with van der Waals surface area (Å²) in [6.45, 7) is 9.04. The summed E-state index contributed by atoms with van der Waals surface area (Å²) >= 11 is 0. The average molecular weight is 351 g/mol. The van der Waals surface area contributed by atoms with Gasteiger partial charge in [-0.25, -0.2) is 4.68 Å². The van der Waals surface area contributed by atoms with Crippen LogP contribution in [0.2, 0.25) is 0 Å². The summed E-state index contributed by atoms with van der Waals surface area (Å²) in [5.74, 6) is 0.688. The maximum atomic E-state index is 12.1. The summed E-state index contributed by atoms with van der Waals surface area (Å²) in [6.07, 6.45) is 0.431. The van der Waals surface area contributed by atoms with Gasteiger partial charge < -0.3 is 10.6 Å². The van der Waals surface area contributed by atoms with Gasteiger partial charge in [-0.05, 0) is 26.1 Å². The summed E-state index contributed by atoms with van der Waals surface area (Å²) in [4.78, 5) is 12.1. The number of halogens is 1.